The van der Waals surface area contributed by atoms with E-state index in [0.717, 1.165) is 12.2 Å². The Labute approximate surface area is 114 Å². The van der Waals surface area contributed by atoms with Gasteiger partial charge < -0.3 is 10.1 Å². The molecule has 0 amide bonds. The molecule has 2 rings (SSSR count). The minimum atomic E-state index is 0.276. The molecule has 1 atom stereocenters. The Morgan fingerprint density at radius 1 is 1.42 bits per heavy atom. The monoisotopic (exact) mass is 259 g/mol. The number of aromatic nitrogens is 2. The Morgan fingerprint density at radius 2 is 2.26 bits per heavy atom. The molecule has 2 aromatic rings. The maximum absolute atomic E-state index is 5.78. The molecule has 0 saturated carbocycles. The van der Waals surface area contributed by atoms with Crippen molar-refractivity contribution in [2.24, 2.45) is 7.05 Å². The van der Waals surface area contributed by atoms with Gasteiger partial charge in [-0.15, -0.1) is 0 Å². The van der Waals surface area contributed by atoms with Crippen LogP contribution in [0.25, 0.3) is 0 Å². The predicted octanol–water partition coefficient (Wildman–Crippen LogP) is 2.46. The number of rotatable bonds is 6. The maximum Gasteiger partial charge on any atom is 0.119 e. The van der Waals surface area contributed by atoms with Gasteiger partial charge in [0, 0.05) is 31.3 Å². The van der Waals surface area contributed by atoms with Crippen molar-refractivity contribution >= 4 is 0 Å². The topological polar surface area (TPSA) is 39.1 Å². The van der Waals surface area contributed by atoms with Crippen LogP contribution in [0.2, 0.25) is 0 Å². The summed E-state index contributed by atoms with van der Waals surface area (Å²) >= 11 is 0. The van der Waals surface area contributed by atoms with Crippen LogP contribution in [0.15, 0.2) is 36.7 Å². The Hall–Kier alpha value is -1.81. The van der Waals surface area contributed by atoms with Gasteiger partial charge in [0.25, 0.3) is 0 Å². The van der Waals surface area contributed by atoms with Gasteiger partial charge >= 0.3 is 0 Å². The van der Waals surface area contributed by atoms with Crippen LogP contribution < -0.4 is 10.1 Å². The van der Waals surface area contributed by atoms with E-state index in [4.69, 9.17) is 4.74 Å². The van der Waals surface area contributed by atoms with Gasteiger partial charge in [0.05, 0.1) is 12.8 Å². The third kappa shape index (κ3) is 3.83. The molecule has 0 spiro atoms. The van der Waals surface area contributed by atoms with E-state index in [0.29, 0.717) is 6.61 Å². The summed E-state index contributed by atoms with van der Waals surface area (Å²) in [4.78, 5) is 0. The van der Waals surface area contributed by atoms with E-state index in [1.807, 2.05) is 43.3 Å². The highest BCUT2D eigenvalue weighted by Gasteiger charge is 2.11. The first-order valence-electron chi connectivity index (χ1n) is 6.54. The standard InChI is InChI=1S/C15H21N3O/c1-12-5-4-6-14(9-12)19-8-7-15(16-2)13-10-17-18(3)11-13/h4-6,9-11,15-16H,7-8H2,1-3H3. The summed E-state index contributed by atoms with van der Waals surface area (Å²) in [6, 6.07) is 8.41. The van der Waals surface area contributed by atoms with E-state index in [-0.39, 0.29) is 6.04 Å². The Bertz CT molecular complexity index is 522. The van der Waals surface area contributed by atoms with E-state index in [1.165, 1.54) is 11.1 Å². The van der Waals surface area contributed by atoms with Gasteiger partial charge in [-0.05, 0) is 31.7 Å². The van der Waals surface area contributed by atoms with Crippen LogP contribution in [0, 0.1) is 6.92 Å². The molecule has 4 heteroatoms. The molecule has 1 aromatic carbocycles. The van der Waals surface area contributed by atoms with Gasteiger partial charge in [-0.3, -0.25) is 4.68 Å². The maximum atomic E-state index is 5.78. The summed E-state index contributed by atoms with van der Waals surface area (Å²) in [5.41, 5.74) is 2.41. The smallest absolute Gasteiger partial charge is 0.119 e. The second-order valence-corrected chi connectivity index (χ2v) is 4.74. The largest absolute Gasteiger partial charge is 0.494 e. The van der Waals surface area contributed by atoms with E-state index in [2.05, 4.69) is 29.5 Å². The van der Waals surface area contributed by atoms with Crippen molar-refractivity contribution in [3.63, 3.8) is 0 Å². The Morgan fingerprint density at radius 3 is 2.89 bits per heavy atom. The van der Waals surface area contributed by atoms with Crippen molar-refractivity contribution in [3.8, 4) is 5.75 Å². The zero-order valence-electron chi connectivity index (χ0n) is 11.8. The molecule has 0 radical (unpaired) electrons. The average Bonchev–Trinajstić information content (AvgIpc) is 2.81. The quantitative estimate of drug-likeness (QED) is 0.866. The number of ether oxygens (including phenoxy) is 1. The fourth-order valence-electron chi connectivity index (χ4n) is 2.10. The average molecular weight is 259 g/mol. The molecule has 19 heavy (non-hydrogen) atoms. The number of nitrogens with zero attached hydrogens (tertiary/aromatic N) is 2. The zero-order chi connectivity index (χ0) is 13.7. The van der Waals surface area contributed by atoms with Crippen molar-refractivity contribution in [2.45, 2.75) is 19.4 Å². The molecular formula is C15H21N3O. The second kappa shape index (κ2) is 6.38. The molecule has 1 unspecified atom stereocenters. The van der Waals surface area contributed by atoms with Crippen LogP contribution in [-0.4, -0.2) is 23.4 Å². The summed E-state index contributed by atoms with van der Waals surface area (Å²) in [6.45, 7) is 2.75. The zero-order valence-corrected chi connectivity index (χ0v) is 11.8. The summed E-state index contributed by atoms with van der Waals surface area (Å²) in [5, 5.41) is 7.50. The number of aryl methyl sites for hydroxylation is 2. The minimum absolute atomic E-state index is 0.276. The first-order valence-corrected chi connectivity index (χ1v) is 6.54. The molecule has 1 aromatic heterocycles. The van der Waals surface area contributed by atoms with Gasteiger partial charge in [-0.2, -0.15) is 5.10 Å². The summed E-state index contributed by atoms with van der Waals surface area (Å²) in [6.07, 6.45) is 4.85. The van der Waals surface area contributed by atoms with Crippen molar-refractivity contribution < 1.29 is 4.74 Å². The molecule has 0 aliphatic rings. The number of hydrogen-bond acceptors (Lipinski definition) is 3. The number of benzene rings is 1. The van der Waals surface area contributed by atoms with E-state index >= 15 is 0 Å². The van der Waals surface area contributed by atoms with Crippen molar-refractivity contribution in [3.05, 3.63) is 47.8 Å². The summed E-state index contributed by atoms with van der Waals surface area (Å²) < 4.78 is 7.60. The molecular weight excluding hydrogens is 238 g/mol. The van der Waals surface area contributed by atoms with Crippen LogP contribution >= 0.6 is 0 Å². The lowest BCUT2D eigenvalue weighted by Crippen LogP contribution is -2.18. The molecule has 0 saturated heterocycles. The predicted molar refractivity (Wildman–Crippen MR) is 76.3 cm³/mol. The highest BCUT2D eigenvalue weighted by atomic mass is 16.5. The SMILES string of the molecule is CNC(CCOc1cccc(C)c1)c1cnn(C)c1. The Kier molecular flexibility index (Phi) is 4.58. The highest BCUT2D eigenvalue weighted by molar-refractivity contribution is 5.27. The van der Waals surface area contributed by atoms with E-state index in [9.17, 15) is 0 Å². The number of hydrogen-bond donors (Lipinski definition) is 1. The lowest BCUT2D eigenvalue weighted by molar-refractivity contribution is 0.290. The molecule has 0 fully saturated rings. The van der Waals surface area contributed by atoms with Crippen molar-refractivity contribution in [2.75, 3.05) is 13.7 Å². The molecule has 1 N–H and O–H groups in total. The molecule has 4 nitrogen and oxygen atoms in total. The second-order valence-electron chi connectivity index (χ2n) is 4.74. The minimum Gasteiger partial charge on any atom is -0.494 e. The molecule has 0 aliphatic carbocycles. The van der Waals surface area contributed by atoms with Crippen LogP contribution in [0.5, 0.6) is 5.75 Å². The van der Waals surface area contributed by atoms with Crippen LogP contribution in [0.4, 0.5) is 0 Å². The number of nitrogens with one attached hydrogen (secondary N) is 1. The molecule has 0 bridgehead atoms. The summed E-state index contributed by atoms with van der Waals surface area (Å²) in [7, 11) is 3.89. The highest BCUT2D eigenvalue weighted by Crippen LogP contribution is 2.17. The van der Waals surface area contributed by atoms with Crippen molar-refractivity contribution in [1.82, 2.24) is 15.1 Å². The van der Waals surface area contributed by atoms with Gasteiger partial charge in [-0.1, -0.05) is 12.1 Å². The normalized spacial score (nSPS) is 12.4. The lowest BCUT2D eigenvalue weighted by Gasteiger charge is -2.15. The van der Waals surface area contributed by atoms with Gasteiger partial charge in [0.15, 0.2) is 0 Å². The van der Waals surface area contributed by atoms with Gasteiger partial charge in [0.2, 0.25) is 0 Å². The van der Waals surface area contributed by atoms with Crippen LogP contribution in [-0.2, 0) is 7.05 Å². The molecule has 0 aliphatic heterocycles. The lowest BCUT2D eigenvalue weighted by atomic mass is 10.1. The molecule has 1 heterocycles. The van der Waals surface area contributed by atoms with Gasteiger partial charge in [0.1, 0.15) is 5.75 Å². The summed E-state index contributed by atoms with van der Waals surface area (Å²) in [5.74, 6) is 0.932. The van der Waals surface area contributed by atoms with Crippen molar-refractivity contribution in [1.29, 1.82) is 0 Å². The van der Waals surface area contributed by atoms with Crippen LogP contribution in [0.3, 0.4) is 0 Å². The third-order valence-corrected chi connectivity index (χ3v) is 3.14. The van der Waals surface area contributed by atoms with Gasteiger partial charge in [-0.25, -0.2) is 0 Å². The third-order valence-electron chi connectivity index (χ3n) is 3.14. The van der Waals surface area contributed by atoms with E-state index < -0.39 is 0 Å². The molecule has 102 valence electrons. The Balaban J connectivity index is 1.87. The first kappa shape index (κ1) is 13.6. The fourth-order valence-corrected chi connectivity index (χ4v) is 2.10. The van der Waals surface area contributed by atoms with E-state index in [1.54, 1.807) is 0 Å². The fraction of sp³-hybridized carbons (Fsp3) is 0.400. The van der Waals surface area contributed by atoms with Crippen LogP contribution in [0.1, 0.15) is 23.6 Å². The first-order chi connectivity index (χ1) is 9.19.